The van der Waals surface area contributed by atoms with Crippen molar-refractivity contribution in [2.45, 2.75) is 12.6 Å². The Morgan fingerprint density at radius 3 is 2.55 bits per heavy atom. The first-order valence-electron chi connectivity index (χ1n) is 9.81. The van der Waals surface area contributed by atoms with Crippen LogP contribution in [-0.4, -0.2) is 46.9 Å². The van der Waals surface area contributed by atoms with E-state index in [2.05, 4.69) is 5.32 Å². The number of carboxylic acids is 1. The summed E-state index contributed by atoms with van der Waals surface area (Å²) in [6.07, 6.45) is 0.971. The standard InChI is InChI=1S/C21H20ClF2N5O4/c1-27-9-4-28(5-9)19-15(22)18-14(17(26)16(19)24)20(31)10(21(32)33)6-29(18)13-3-12(25)11(23)2-8(13)7-30/h2-3,6,9,27,30H,4-5,7,25-26H2,1H3,(H,32,33). The monoisotopic (exact) mass is 479 g/mol. The number of aliphatic hydroxyl groups excluding tert-OH is 1. The minimum atomic E-state index is -1.59. The van der Waals surface area contributed by atoms with E-state index in [4.69, 9.17) is 23.1 Å². The first kappa shape index (κ1) is 22.8. The molecule has 12 heteroatoms. The molecule has 1 fully saturated rings. The van der Waals surface area contributed by atoms with Crippen LogP contribution < -0.4 is 27.1 Å². The molecule has 0 aliphatic carbocycles. The van der Waals surface area contributed by atoms with Crippen molar-refractivity contribution in [2.75, 3.05) is 36.5 Å². The maximum absolute atomic E-state index is 15.3. The van der Waals surface area contributed by atoms with Crippen molar-refractivity contribution < 1.29 is 23.8 Å². The summed E-state index contributed by atoms with van der Waals surface area (Å²) in [5.74, 6) is -3.34. The summed E-state index contributed by atoms with van der Waals surface area (Å²) >= 11 is 6.61. The third-order valence-electron chi connectivity index (χ3n) is 5.80. The van der Waals surface area contributed by atoms with Crippen LogP contribution in [-0.2, 0) is 6.61 Å². The van der Waals surface area contributed by atoms with E-state index < -0.39 is 46.3 Å². The Morgan fingerprint density at radius 2 is 1.97 bits per heavy atom. The van der Waals surface area contributed by atoms with Crippen molar-refractivity contribution in [2.24, 2.45) is 0 Å². The molecule has 0 spiro atoms. The van der Waals surface area contributed by atoms with E-state index in [0.29, 0.717) is 13.1 Å². The number of rotatable bonds is 5. The van der Waals surface area contributed by atoms with E-state index in [1.165, 1.54) is 4.57 Å². The number of fused-ring (bicyclic) bond motifs is 1. The quantitative estimate of drug-likeness (QED) is 0.347. The van der Waals surface area contributed by atoms with Crippen LogP contribution in [0.1, 0.15) is 15.9 Å². The number of hydrogen-bond donors (Lipinski definition) is 5. The Bertz CT molecular complexity index is 1370. The van der Waals surface area contributed by atoms with Crippen molar-refractivity contribution in [3.63, 3.8) is 0 Å². The highest BCUT2D eigenvalue weighted by atomic mass is 35.5. The topological polar surface area (TPSA) is 147 Å². The molecule has 2 heterocycles. The van der Waals surface area contributed by atoms with Gasteiger partial charge < -0.3 is 36.5 Å². The molecular formula is C21H20ClF2N5O4. The summed E-state index contributed by atoms with van der Waals surface area (Å²) in [4.78, 5) is 26.4. The molecule has 0 saturated carbocycles. The lowest BCUT2D eigenvalue weighted by molar-refractivity contribution is 0.0695. The summed E-state index contributed by atoms with van der Waals surface area (Å²) in [7, 11) is 1.76. The second kappa shape index (κ2) is 8.18. The molecular weight excluding hydrogens is 460 g/mol. The normalized spacial score (nSPS) is 14.0. The van der Waals surface area contributed by atoms with Crippen LogP contribution in [0, 0.1) is 11.6 Å². The summed E-state index contributed by atoms with van der Waals surface area (Å²) in [5.41, 5.74) is 9.03. The molecule has 0 atom stereocenters. The van der Waals surface area contributed by atoms with E-state index in [0.717, 1.165) is 18.3 Å². The van der Waals surface area contributed by atoms with Crippen LogP contribution in [0.15, 0.2) is 23.1 Å². The molecule has 1 aliphatic heterocycles. The molecule has 0 bridgehead atoms. The number of carbonyl (C=O) groups is 1. The van der Waals surface area contributed by atoms with Gasteiger partial charge in [-0.1, -0.05) is 11.6 Å². The minimum absolute atomic E-state index is 0.0303. The van der Waals surface area contributed by atoms with E-state index >= 15 is 4.39 Å². The zero-order chi connectivity index (χ0) is 24.2. The molecule has 3 aromatic rings. The molecule has 7 N–H and O–H groups in total. The fourth-order valence-electron chi connectivity index (χ4n) is 3.96. The molecule has 0 radical (unpaired) electrons. The predicted molar refractivity (Wildman–Crippen MR) is 121 cm³/mol. The number of likely N-dealkylation sites (N-methyl/N-ethyl adjacent to an activating group) is 1. The van der Waals surface area contributed by atoms with Crippen molar-refractivity contribution in [3.05, 3.63) is 56.3 Å². The fraction of sp³-hybridized carbons (Fsp3) is 0.238. The number of nitrogens with zero attached hydrogens (tertiary/aromatic N) is 2. The van der Waals surface area contributed by atoms with Crippen LogP contribution in [0.2, 0.25) is 5.02 Å². The molecule has 1 aliphatic rings. The van der Waals surface area contributed by atoms with Gasteiger partial charge in [0.1, 0.15) is 11.4 Å². The molecule has 4 rings (SSSR count). The van der Waals surface area contributed by atoms with Crippen LogP contribution in [0.25, 0.3) is 16.6 Å². The minimum Gasteiger partial charge on any atom is -0.477 e. The van der Waals surface area contributed by atoms with Gasteiger partial charge in [-0.25, -0.2) is 13.6 Å². The third kappa shape index (κ3) is 3.45. The Labute approximate surface area is 190 Å². The largest absolute Gasteiger partial charge is 0.477 e. The van der Waals surface area contributed by atoms with E-state index in [1.54, 1.807) is 11.9 Å². The van der Waals surface area contributed by atoms with Gasteiger partial charge in [-0.05, 0) is 19.2 Å². The number of anilines is 3. The lowest BCUT2D eigenvalue weighted by Gasteiger charge is -2.41. The van der Waals surface area contributed by atoms with Crippen molar-refractivity contribution in [3.8, 4) is 5.69 Å². The lowest BCUT2D eigenvalue weighted by atomic mass is 10.0. The van der Waals surface area contributed by atoms with Crippen molar-refractivity contribution in [1.29, 1.82) is 0 Å². The number of nitrogens with one attached hydrogen (secondary N) is 1. The molecule has 174 valence electrons. The third-order valence-corrected chi connectivity index (χ3v) is 6.16. The second-order valence-corrected chi connectivity index (χ2v) is 8.09. The molecule has 2 aromatic carbocycles. The van der Waals surface area contributed by atoms with Crippen LogP contribution in [0.3, 0.4) is 0 Å². The van der Waals surface area contributed by atoms with Crippen molar-refractivity contribution >= 4 is 45.5 Å². The number of nitrogens with two attached hydrogens (primary N) is 2. The molecule has 9 nitrogen and oxygen atoms in total. The maximum atomic E-state index is 15.3. The number of aromatic carboxylic acids is 1. The van der Waals surface area contributed by atoms with Gasteiger partial charge in [0.2, 0.25) is 5.43 Å². The maximum Gasteiger partial charge on any atom is 0.341 e. The number of pyridine rings is 1. The highest BCUT2D eigenvalue weighted by molar-refractivity contribution is 6.38. The first-order chi connectivity index (χ1) is 15.6. The van der Waals surface area contributed by atoms with Crippen LogP contribution >= 0.6 is 11.6 Å². The van der Waals surface area contributed by atoms with Gasteiger partial charge in [0, 0.05) is 30.9 Å². The van der Waals surface area contributed by atoms with E-state index in [9.17, 15) is 24.2 Å². The van der Waals surface area contributed by atoms with Gasteiger partial charge in [-0.2, -0.15) is 0 Å². The smallest absolute Gasteiger partial charge is 0.341 e. The molecule has 0 amide bonds. The number of aromatic nitrogens is 1. The fourth-order valence-corrected chi connectivity index (χ4v) is 4.35. The number of halogens is 3. The van der Waals surface area contributed by atoms with Crippen LogP contribution in [0.4, 0.5) is 25.8 Å². The Kier molecular flexibility index (Phi) is 5.64. The second-order valence-electron chi connectivity index (χ2n) is 7.71. The molecule has 1 aromatic heterocycles. The zero-order valence-electron chi connectivity index (χ0n) is 17.3. The van der Waals surface area contributed by atoms with Crippen molar-refractivity contribution in [1.82, 2.24) is 9.88 Å². The Balaban J connectivity index is 2.16. The summed E-state index contributed by atoms with van der Waals surface area (Å²) in [5, 5.41) is 21.8. The van der Waals surface area contributed by atoms with E-state index in [-0.39, 0.29) is 39.2 Å². The average molecular weight is 480 g/mol. The highest BCUT2D eigenvalue weighted by Crippen LogP contribution is 2.42. The molecule has 33 heavy (non-hydrogen) atoms. The Hall–Kier alpha value is -3.41. The van der Waals surface area contributed by atoms with Crippen LogP contribution in [0.5, 0.6) is 0 Å². The van der Waals surface area contributed by atoms with Gasteiger partial charge in [0.05, 0.1) is 45.3 Å². The Morgan fingerprint density at radius 1 is 1.30 bits per heavy atom. The summed E-state index contributed by atoms with van der Waals surface area (Å²) < 4.78 is 30.5. The molecule has 0 unspecified atom stereocenters. The number of nitrogen functional groups attached to an aromatic ring is 2. The molecule has 1 saturated heterocycles. The predicted octanol–water partition coefficient (Wildman–Crippen LogP) is 1.69. The zero-order valence-corrected chi connectivity index (χ0v) is 18.1. The summed E-state index contributed by atoms with van der Waals surface area (Å²) in [6.45, 7) is 0.196. The number of aliphatic hydroxyl groups is 1. The number of benzene rings is 2. The summed E-state index contributed by atoms with van der Waals surface area (Å²) in [6, 6.07) is 2.22. The highest BCUT2D eigenvalue weighted by Gasteiger charge is 2.33. The van der Waals surface area contributed by atoms with Gasteiger partial charge >= 0.3 is 5.97 Å². The number of hydrogen-bond acceptors (Lipinski definition) is 7. The average Bonchev–Trinajstić information content (AvgIpc) is 2.74. The van der Waals surface area contributed by atoms with Gasteiger partial charge in [0.25, 0.3) is 0 Å². The first-order valence-corrected chi connectivity index (χ1v) is 10.2. The lowest BCUT2D eigenvalue weighted by Crippen LogP contribution is -2.57. The SMILES string of the molecule is CNC1CN(c2c(F)c(N)c3c(=O)c(C(=O)O)cn(-c4cc(N)c(F)cc4CO)c3c2Cl)C1. The van der Waals surface area contributed by atoms with Gasteiger partial charge in [-0.3, -0.25) is 4.79 Å². The number of carboxylic acid groups (broad SMARTS) is 1. The van der Waals surface area contributed by atoms with E-state index in [1.807, 2.05) is 0 Å². The van der Waals surface area contributed by atoms with Gasteiger partial charge in [0.15, 0.2) is 5.82 Å². The van der Waals surface area contributed by atoms with Gasteiger partial charge in [-0.15, -0.1) is 0 Å².